The van der Waals surface area contributed by atoms with Gasteiger partial charge in [0.2, 0.25) is 5.90 Å². The first-order valence-corrected chi connectivity index (χ1v) is 14.3. The van der Waals surface area contributed by atoms with Crippen molar-refractivity contribution < 1.29 is 31.3 Å². The van der Waals surface area contributed by atoms with E-state index >= 15 is 0 Å². The summed E-state index contributed by atoms with van der Waals surface area (Å²) in [5.41, 5.74) is 1.84. The van der Waals surface area contributed by atoms with E-state index in [-0.39, 0.29) is 19.4 Å². The van der Waals surface area contributed by atoms with Crippen molar-refractivity contribution in [1.29, 1.82) is 0 Å². The predicted molar refractivity (Wildman–Crippen MR) is 112 cm³/mol. The number of aliphatic imine (C=N–C) groups is 1. The zero-order valence-electron chi connectivity index (χ0n) is 16.5. The second kappa shape index (κ2) is 12.9. The number of rotatable bonds is 4. The normalized spacial score (nSPS) is 18.2. The zero-order chi connectivity index (χ0) is 21.2. The molecule has 1 saturated heterocycles. The van der Waals surface area contributed by atoms with Crippen LogP contribution in [-0.2, 0) is 32.9 Å². The van der Waals surface area contributed by atoms with Gasteiger partial charge in [-0.25, -0.2) is 13.4 Å². The van der Waals surface area contributed by atoms with E-state index in [0.29, 0.717) is 29.7 Å². The van der Waals surface area contributed by atoms with Crippen molar-refractivity contribution >= 4 is 41.7 Å². The van der Waals surface area contributed by atoms with Crippen LogP contribution in [0.25, 0.3) is 4.72 Å². The molecule has 0 radical (unpaired) electrons. The van der Waals surface area contributed by atoms with Crippen LogP contribution in [0.3, 0.4) is 0 Å². The molecule has 0 N–H and O–H groups in total. The van der Waals surface area contributed by atoms with Crippen LogP contribution in [0.2, 0.25) is 0 Å². The van der Waals surface area contributed by atoms with Gasteiger partial charge in [-0.15, -0.1) is 5.69 Å². The van der Waals surface area contributed by atoms with E-state index in [1.165, 1.54) is 12.8 Å². The number of hydrogen-bond acceptors (Lipinski definition) is 5. The van der Waals surface area contributed by atoms with Gasteiger partial charge in [-0.1, -0.05) is 37.6 Å². The zero-order valence-corrected chi connectivity index (χ0v) is 20.1. The average molecular weight is 490 g/mol. The van der Waals surface area contributed by atoms with Crippen LogP contribution in [-0.4, -0.2) is 46.4 Å². The summed E-state index contributed by atoms with van der Waals surface area (Å²) in [7, 11) is 6.19. The van der Waals surface area contributed by atoms with Crippen molar-refractivity contribution in [3.05, 3.63) is 34.0 Å². The molecule has 2 aliphatic heterocycles. The second-order valence-electron chi connectivity index (χ2n) is 6.73. The molecule has 0 unspecified atom stereocenters. The third-order valence-corrected chi connectivity index (χ3v) is 4.51. The SMILES string of the molecule is C1CCOC1.Cc1cccc(C2=N[C@@H](C(C)C)CO2)c1[N-]S(C)(=O)=O.[Cl][Cr+][Cl]. The molecule has 1 aromatic carbocycles. The minimum atomic E-state index is -3.47. The Bertz CT molecular complexity index is 733. The van der Waals surface area contributed by atoms with Crippen molar-refractivity contribution in [2.75, 3.05) is 26.1 Å². The van der Waals surface area contributed by atoms with Gasteiger partial charge in [-0.05, 0) is 25.7 Å². The van der Waals surface area contributed by atoms with Gasteiger partial charge < -0.3 is 14.2 Å². The predicted octanol–water partition coefficient (Wildman–Crippen LogP) is 4.93. The maximum atomic E-state index is 11.4. The van der Waals surface area contributed by atoms with E-state index < -0.39 is 10.0 Å². The summed E-state index contributed by atoms with van der Waals surface area (Å²) in [5.74, 6) is 0.863. The summed E-state index contributed by atoms with van der Waals surface area (Å²) in [4.78, 5) is 4.53. The number of aryl methyl sites for hydroxylation is 1. The first-order chi connectivity index (χ1) is 13.2. The van der Waals surface area contributed by atoms with Gasteiger partial charge in [0.1, 0.15) is 6.61 Å². The molecule has 28 heavy (non-hydrogen) atoms. The van der Waals surface area contributed by atoms with E-state index in [4.69, 9.17) is 29.6 Å². The molecule has 2 aliphatic rings. The van der Waals surface area contributed by atoms with Gasteiger partial charge in [0.05, 0.1) is 16.1 Å². The van der Waals surface area contributed by atoms with E-state index in [0.717, 1.165) is 25.0 Å². The van der Waals surface area contributed by atoms with Gasteiger partial charge in [-0.3, -0.25) is 0 Å². The van der Waals surface area contributed by atoms with Crippen LogP contribution in [0.5, 0.6) is 0 Å². The first kappa shape index (κ1) is 25.5. The van der Waals surface area contributed by atoms with Crippen molar-refractivity contribution in [2.45, 2.75) is 39.7 Å². The fourth-order valence-corrected chi connectivity index (χ4v) is 3.08. The Hall–Kier alpha value is -0.488. The number of sulfonamides is 1. The topological polar surface area (TPSA) is 79.1 Å². The van der Waals surface area contributed by atoms with Crippen molar-refractivity contribution in [3.8, 4) is 0 Å². The van der Waals surface area contributed by atoms with E-state index in [9.17, 15) is 8.42 Å². The quantitative estimate of drug-likeness (QED) is 0.600. The number of halogens is 2. The van der Waals surface area contributed by atoms with Crippen molar-refractivity contribution in [3.63, 3.8) is 0 Å². The van der Waals surface area contributed by atoms with E-state index in [1.54, 1.807) is 6.07 Å². The summed E-state index contributed by atoms with van der Waals surface area (Å²) in [6, 6.07) is 5.57. The van der Waals surface area contributed by atoms with Gasteiger partial charge in [0.15, 0.2) is 0 Å². The molecule has 0 spiro atoms. The first-order valence-electron chi connectivity index (χ1n) is 8.90. The monoisotopic (exact) mass is 489 g/mol. The molecule has 0 saturated carbocycles. The summed E-state index contributed by atoms with van der Waals surface area (Å²) in [5, 5.41) is 0. The fourth-order valence-electron chi connectivity index (χ4n) is 2.51. The summed E-state index contributed by atoms with van der Waals surface area (Å²) in [6.07, 6.45) is 3.64. The molecule has 0 amide bonds. The fraction of sp³-hybridized carbons (Fsp3) is 0.611. The molecule has 3 rings (SSSR count). The number of hydrogen-bond donors (Lipinski definition) is 0. The molecule has 1 atom stereocenters. The maximum absolute atomic E-state index is 11.4. The molecular weight excluding hydrogens is 463 g/mol. The Labute approximate surface area is 183 Å². The Morgan fingerprint density at radius 3 is 2.29 bits per heavy atom. The number of nitrogens with zero attached hydrogens (tertiary/aromatic N) is 2. The van der Waals surface area contributed by atoms with Crippen molar-refractivity contribution in [2.24, 2.45) is 10.9 Å². The summed E-state index contributed by atoms with van der Waals surface area (Å²) >= 11 is -0.181. The number of ether oxygens (including phenoxy) is 2. The number of benzene rings is 1. The Kier molecular flexibility index (Phi) is 11.8. The second-order valence-corrected chi connectivity index (χ2v) is 10.5. The van der Waals surface area contributed by atoms with Gasteiger partial charge in [-0.2, -0.15) is 0 Å². The molecule has 6 nitrogen and oxygen atoms in total. The van der Waals surface area contributed by atoms with Crippen LogP contribution in [0.4, 0.5) is 5.69 Å². The molecule has 1 aromatic rings. The van der Waals surface area contributed by atoms with Gasteiger partial charge >= 0.3 is 33.5 Å². The average Bonchev–Trinajstić information content (AvgIpc) is 3.31. The van der Waals surface area contributed by atoms with E-state index in [2.05, 4.69) is 23.6 Å². The molecule has 0 aliphatic carbocycles. The Morgan fingerprint density at radius 1 is 1.25 bits per heavy atom. The molecule has 10 heteroatoms. The third kappa shape index (κ3) is 9.34. The minimum absolute atomic E-state index is 0.108. The van der Waals surface area contributed by atoms with Crippen LogP contribution >= 0.6 is 20.1 Å². The molecular formula is C18H27Cl2CrN2O4S. The van der Waals surface area contributed by atoms with Crippen LogP contribution in [0.1, 0.15) is 37.8 Å². The van der Waals surface area contributed by atoms with Crippen LogP contribution in [0.15, 0.2) is 23.2 Å². The van der Waals surface area contributed by atoms with E-state index in [1.807, 2.05) is 19.1 Å². The molecule has 159 valence electrons. The molecule has 0 bridgehead atoms. The standard InChI is InChI=1S/C14H19N2O3S.C4H8O.2ClH.Cr/c1-9(2)12-8-19-14(15-12)11-7-5-6-10(3)13(11)16-20(4,17)18;1-2-4-5-3-1;;;/h5-7,9,12H,8H2,1-4H3;1-4H2;2*1H;/q-1;;;;+3/p-2/t12-;;;;/m1..../s1. The third-order valence-electron chi connectivity index (χ3n) is 4.00. The molecule has 1 fully saturated rings. The van der Waals surface area contributed by atoms with Crippen LogP contribution in [0, 0.1) is 12.8 Å². The molecule has 0 aromatic heterocycles. The molecule has 2 heterocycles. The van der Waals surface area contributed by atoms with Gasteiger partial charge in [0, 0.05) is 25.0 Å². The van der Waals surface area contributed by atoms with Gasteiger partial charge in [0.25, 0.3) is 0 Å². The van der Waals surface area contributed by atoms with Crippen molar-refractivity contribution in [1.82, 2.24) is 0 Å². The summed E-state index contributed by atoms with van der Waals surface area (Å²) < 4.78 is 37.3. The summed E-state index contributed by atoms with van der Waals surface area (Å²) in [6.45, 7) is 8.51. The Morgan fingerprint density at radius 2 is 1.86 bits per heavy atom. The Balaban J connectivity index is 0.000000409. The van der Waals surface area contributed by atoms with Crippen LogP contribution < -0.4 is 0 Å².